The first-order chi connectivity index (χ1) is 14.0. The zero-order valence-electron chi connectivity index (χ0n) is 15.5. The van der Waals surface area contributed by atoms with E-state index in [2.05, 4.69) is 25.9 Å². The van der Waals surface area contributed by atoms with E-state index in [4.69, 9.17) is 32.7 Å². The molecule has 150 valence electrons. The molecule has 0 atom stereocenters. The number of methoxy groups -OCH3 is 2. The van der Waals surface area contributed by atoms with E-state index in [0.29, 0.717) is 38.7 Å². The second-order valence-electron chi connectivity index (χ2n) is 5.66. The summed E-state index contributed by atoms with van der Waals surface area (Å²) < 4.78 is 10.6. The Morgan fingerprint density at radius 2 is 1.66 bits per heavy atom. The molecule has 3 aromatic rings. The number of ether oxygens (including phenoxy) is 2. The van der Waals surface area contributed by atoms with Crippen molar-refractivity contribution in [2.75, 3.05) is 30.2 Å². The molecule has 0 bridgehead atoms. The molecule has 0 spiro atoms. The van der Waals surface area contributed by atoms with E-state index < -0.39 is 6.03 Å². The molecule has 8 nitrogen and oxygen atoms in total. The number of carbonyl (C=O) groups excluding carboxylic acids is 1. The normalized spacial score (nSPS) is 10.2. The van der Waals surface area contributed by atoms with Gasteiger partial charge in [-0.05, 0) is 24.3 Å². The molecule has 0 unspecified atom stereocenters. The van der Waals surface area contributed by atoms with E-state index in [-0.39, 0.29) is 5.82 Å². The van der Waals surface area contributed by atoms with Gasteiger partial charge in [-0.1, -0.05) is 29.3 Å². The lowest BCUT2D eigenvalue weighted by molar-refractivity contribution is 0.262. The van der Waals surface area contributed by atoms with Crippen molar-refractivity contribution in [3.8, 4) is 11.5 Å². The topological polar surface area (TPSA) is 97.4 Å². The van der Waals surface area contributed by atoms with Crippen LogP contribution in [0.4, 0.5) is 27.8 Å². The second-order valence-corrected chi connectivity index (χ2v) is 6.47. The second kappa shape index (κ2) is 9.31. The Morgan fingerprint density at radius 3 is 2.34 bits per heavy atom. The zero-order chi connectivity index (χ0) is 20.8. The van der Waals surface area contributed by atoms with Crippen LogP contribution in [0, 0.1) is 0 Å². The number of nitrogens with one attached hydrogen (secondary N) is 3. The third kappa shape index (κ3) is 5.18. The summed E-state index contributed by atoms with van der Waals surface area (Å²) >= 11 is 12.1. The van der Waals surface area contributed by atoms with E-state index >= 15 is 0 Å². The van der Waals surface area contributed by atoms with Crippen molar-refractivity contribution in [2.45, 2.75) is 0 Å². The van der Waals surface area contributed by atoms with Gasteiger partial charge in [0, 0.05) is 12.1 Å². The van der Waals surface area contributed by atoms with Gasteiger partial charge in [0.05, 0.1) is 35.6 Å². The minimum Gasteiger partial charge on any atom is -0.497 e. The molecule has 1 aromatic heterocycles. The van der Waals surface area contributed by atoms with E-state index in [0.717, 1.165) is 0 Å². The molecule has 0 aliphatic heterocycles. The van der Waals surface area contributed by atoms with Crippen molar-refractivity contribution in [3.63, 3.8) is 0 Å². The molecule has 0 saturated carbocycles. The molecule has 0 radical (unpaired) electrons. The zero-order valence-corrected chi connectivity index (χ0v) is 17.0. The Balaban J connectivity index is 1.74. The number of aromatic nitrogens is 2. The summed E-state index contributed by atoms with van der Waals surface area (Å²) in [6, 6.07) is 11.2. The lowest BCUT2D eigenvalue weighted by Crippen LogP contribution is -2.20. The highest BCUT2D eigenvalue weighted by Crippen LogP contribution is 2.32. The molecule has 0 saturated heterocycles. The first-order valence-corrected chi connectivity index (χ1v) is 9.09. The number of nitrogens with zero attached hydrogens (tertiary/aromatic N) is 2. The van der Waals surface area contributed by atoms with Crippen LogP contribution >= 0.6 is 23.2 Å². The molecule has 1 heterocycles. The summed E-state index contributed by atoms with van der Waals surface area (Å²) in [5.41, 5.74) is 0.950. The van der Waals surface area contributed by atoms with Crippen LogP contribution in [-0.4, -0.2) is 30.2 Å². The number of benzene rings is 2. The summed E-state index contributed by atoms with van der Waals surface area (Å²) in [6.45, 7) is 0. The van der Waals surface area contributed by atoms with Crippen LogP contribution < -0.4 is 25.4 Å². The average Bonchev–Trinajstić information content (AvgIpc) is 2.71. The predicted molar refractivity (Wildman–Crippen MR) is 114 cm³/mol. The first kappa shape index (κ1) is 20.5. The van der Waals surface area contributed by atoms with Crippen LogP contribution in [0.3, 0.4) is 0 Å². The molecular formula is C19H17Cl2N5O3. The summed E-state index contributed by atoms with van der Waals surface area (Å²) in [5.74, 6) is 1.96. The fourth-order valence-corrected chi connectivity index (χ4v) is 2.91. The van der Waals surface area contributed by atoms with Crippen molar-refractivity contribution in [2.24, 2.45) is 0 Å². The van der Waals surface area contributed by atoms with Gasteiger partial charge in [-0.3, -0.25) is 5.32 Å². The van der Waals surface area contributed by atoms with E-state index in [1.165, 1.54) is 6.33 Å². The molecule has 0 fully saturated rings. The molecule has 10 heteroatoms. The minimum atomic E-state index is -0.552. The Labute approximate surface area is 177 Å². The predicted octanol–water partition coefficient (Wildman–Crippen LogP) is 5.19. The molecular weight excluding hydrogens is 417 g/mol. The summed E-state index contributed by atoms with van der Waals surface area (Å²) in [4.78, 5) is 20.5. The van der Waals surface area contributed by atoms with Gasteiger partial charge in [-0.2, -0.15) is 0 Å². The standard InChI is InChI=1S/C19H17Cl2N5O3/c1-28-11-6-7-15(29-2)14(8-11)24-16-9-17(23-10-22-16)25-19(27)26-18-12(20)4-3-5-13(18)21/h3-10H,1-2H3,(H3,22,23,24,25,26,27). The maximum absolute atomic E-state index is 12.3. The number of para-hydroxylation sites is 1. The Kier molecular flexibility index (Phi) is 6.58. The van der Waals surface area contributed by atoms with E-state index in [9.17, 15) is 4.79 Å². The summed E-state index contributed by atoms with van der Waals surface area (Å²) in [6.07, 6.45) is 1.31. The maximum atomic E-state index is 12.3. The molecule has 3 rings (SSSR count). The van der Waals surface area contributed by atoms with Gasteiger partial charge >= 0.3 is 6.03 Å². The third-order valence-corrected chi connectivity index (χ3v) is 4.41. The Hall–Kier alpha value is -3.23. The van der Waals surface area contributed by atoms with E-state index in [1.54, 1.807) is 56.7 Å². The van der Waals surface area contributed by atoms with Gasteiger partial charge in [0.15, 0.2) is 0 Å². The van der Waals surface area contributed by atoms with Gasteiger partial charge in [-0.25, -0.2) is 14.8 Å². The van der Waals surface area contributed by atoms with Gasteiger partial charge < -0.3 is 20.1 Å². The van der Waals surface area contributed by atoms with Crippen LogP contribution in [0.2, 0.25) is 10.0 Å². The van der Waals surface area contributed by atoms with Crippen LogP contribution in [-0.2, 0) is 0 Å². The highest BCUT2D eigenvalue weighted by Gasteiger charge is 2.11. The number of hydrogen-bond acceptors (Lipinski definition) is 6. The monoisotopic (exact) mass is 433 g/mol. The van der Waals surface area contributed by atoms with Gasteiger partial charge in [-0.15, -0.1) is 0 Å². The Morgan fingerprint density at radius 1 is 0.931 bits per heavy atom. The molecule has 3 N–H and O–H groups in total. The fraction of sp³-hybridized carbons (Fsp3) is 0.105. The highest BCUT2D eigenvalue weighted by molar-refractivity contribution is 6.39. The lowest BCUT2D eigenvalue weighted by Gasteiger charge is -2.13. The lowest BCUT2D eigenvalue weighted by atomic mass is 10.2. The molecule has 0 aliphatic carbocycles. The molecule has 2 aromatic carbocycles. The summed E-state index contributed by atoms with van der Waals surface area (Å²) in [5, 5.41) is 8.96. The fourth-order valence-electron chi connectivity index (χ4n) is 2.42. The van der Waals surface area contributed by atoms with Crippen LogP contribution in [0.5, 0.6) is 11.5 Å². The number of amides is 2. The van der Waals surface area contributed by atoms with Crippen LogP contribution in [0.25, 0.3) is 0 Å². The number of rotatable bonds is 6. The molecule has 29 heavy (non-hydrogen) atoms. The van der Waals surface area contributed by atoms with E-state index in [1.807, 2.05) is 0 Å². The molecule has 2 amide bonds. The SMILES string of the molecule is COc1ccc(OC)c(Nc2cc(NC(=O)Nc3c(Cl)cccc3Cl)ncn2)c1. The first-order valence-electron chi connectivity index (χ1n) is 8.33. The van der Waals surface area contributed by atoms with Gasteiger partial charge in [0.2, 0.25) is 0 Å². The van der Waals surface area contributed by atoms with Crippen molar-refractivity contribution >= 4 is 52.2 Å². The van der Waals surface area contributed by atoms with Crippen LogP contribution in [0.1, 0.15) is 0 Å². The number of halogens is 2. The maximum Gasteiger partial charge on any atom is 0.324 e. The highest BCUT2D eigenvalue weighted by atomic mass is 35.5. The van der Waals surface area contributed by atoms with Gasteiger partial charge in [0.1, 0.15) is 29.5 Å². The van der Waals surface area contributed by atoms with Crippen molar-refractivity contribution < 1.29 is 14.3 Å². The largest absolute Gasteiger partial charge is 0.497 e. The smallest absolute Gasteiger partial charge is 0.324 e. The third-order valence-electron chi connectivity index (χ3n) is 3.78. The minimum absolute atomic E-state index is 0.269. The quantitative estimate of drug-likeness (QED) is 0.494. The number of anilines is 4. The Bertz CT molecular complexity index is 1010. The summed E-state index contributed by atoms with van der Waals surface area (Å²) in [7, 11) is 3.13. The van der Waals surface area contributed by atoms with Crippen molar-refractivity contribution in [3.05, 3.63) is 58.8 Å². The number of urea groups is 1. The number of carbonyl (C=O) groups is 1. The van der Waals surface area contributed by atoms with Crippen molar-refractivity contribution in [1.82, 2.24) is 9.97 Å². The van der Waals surface area contributed by atoms with Crippen molar-refractivity contribution in [1.29, 1.82) is 0 Å². The van der Waals surface area contributed by atoms with Crippen LogP contribution in [0.15, 0.2) is 48.8 Å². The number of hydrogen-bond donors (Lipinski definition) is 3. The van der Waals surface area contributed by atoms with Gasteiger partial charge in [0.25, 0.3) is 0 Å². The average molecular weight is 434 g/mol. The molecule has 0 aliphatic rings.